The van der Waals surface area contributed by atoms with Gasteiger partial charge in [0.25, 0.3) is 0 Å². The number of rotatable bonds is 3. The molecular weight excluding hydrogens is 188 g/mol. The lowest BCUT2D eigenvalue weighted by molar-refractivity contribution is -0.0177. The van der Waals surface area contributed by atoms with Crippen LogP contribution >= 0.6 is 0 Å². The van der Waals surface area contributed by atoms with Crippen molar-refractivity contribution in [2.75, 3.05) is 6.79 Å². The highest BCUT2D eigenvalue weighted by Gasteiger charge is 2.44. The van der Waals surface area contributed by atoms with Crippen LogP contribution < -0.4 is 0 Å². The summed E-state index contributed by atoms with van der Waals surface area (Å²) in [5.41, 5.74) is 1.01. The van der Waals surface area contributed by atoms with Crippen LogP contribution in [-0.4, -0.2) is 12.9 Å². The molecule has 15 heavy (non-hydrogen) atoms. The molecule has 0 aliphatic carbocycles. The van der Waals surface area contributed by atoms with E-state index in [4.69, 9.17) is 9.47 Å². The predicted molar refractivity (Wildman–Crippen MR) is 59.5 cm³/mol. The summed E-state index contributed by atoms with van der Waals surface area (Å²) in [6, 6.07) is 10.4. The molecule has 0 N–H and O–H groups in total. The van der Waals surface area contributed by atoms with Crippen molar-refractivity contribution in [2.45, 2.75) is 38.4 Å². The molecule has 1 heterocycles. The highest BCUT2D eigenvalue weighted by Crippen LogP contribution is 2.40. The van der Waals surface area contributed by atoms with Crippen molar-refractivity contribution in [3.05, 3.63) is 35.9 Å². The van der Waals surface area contributed by atoms with Crippen molar-refractivity contribution in [3.63, 3.8) is 0 Å². The number of hydrogen-bond donors (Lipinski definition) is 0. The van der Waals surface area contributed by atoms with Gasteiger partial charge in [-0.1, -0.05) is 44.2 Å². The van der Waals surface area contributed by atoms with E-state index in [2.05, 4.69) is 38.1 Å². The molecule has 82 valence electrons. The van der Waals surface area contributed by atoms with Gasteiger partial charge in [0.2, 0.25) is 0 Å². The summed E-state index contributed by atoms with van der Waals surface area (Å²) >= 11 is 0. The van der Waals surface area contributed by atoms with Crippen molar-refractivity contribution in [1.82, 2.24) is 0 Å². The average molecular weight is 206 g/mol. The zero-order valence-electron chi connectivity index (χ0n) is 9.40. The highest BCUT2D eigenvalue weighted by molar-refractivity contribution is 5.24. The van der Waals surface area contributed by atoms with E-state index >= 15 is 0 Å². The standard InChI is InChI=1S/C13H18O2/c1-3-12-13(4-2,15-10-14-12)11-8-6-5-7-9-11/h5-9,12H,3-4,10H2,1-2H3. The molecule has 0 radical (unpaired) electrons. The van der Waals surface area contributed by atoms with Crippen LogP contribution in [0.1, 0.15) is 32.3 Å². The molecule has 1 aliphatic rings. The lowest BCUT2D eigenvalue weighted by atomic mass is 9.84. The van der Waals surface area contributed by atoms with Crippen LogP contribution in [0.15, 0.2) is 30.3 Å². The third-order valence-electron chi connectivity index (χ3n) is 3.26. The molecular formula is C13H18O2. The Bertz CT molecular complexity index is 310. The normalized spacial score (nSPS) is 30.7. The van der Waals surface area contributed by atoms with Gasteiger partial charge < -0.3 is 9.47 Å². The molecule has 0 saturated carbocycles. The molecule has 2 unspecified atom stereocenters. The zero-order chi connectivity index (χ0) is 10.7. The lowest BCUT2D eigenvalue weighted by Crippen LogP contribution is -2.35. The number of benzene rings is 1. The van der Waals surface area contributed by atoms with E-state index in [-0.39, 0.29) is 11.7 Å². The van der Waals surface area contributed by atoms with Gasteiger partial charge in [-0.05, 0) is 18.4 Å². The van der Waals surface area contributed by atoms with Crippen molar-refractivity contribution in [1.29, 1.82) is 0 Å². The summed E-state index contributed by atoms with van der Waals surface area (Å²) in [6.45, 7) is 4.72. The summed E-state index contributed by atoms with van der Waals surface area (Å²) < 4.78 is 11.5. The van der Waals surface area contributed by atoms with E-state index in [9.17, 15) is 0 Å². The van der Waals surface area contributed by atoms with Crippen LogP contribution in [0.4, 0.5) is 0 Å². The maximum Gasteiger partial charge on any atom is 0.148 e. The second-order valence-corrected chi connectivity index (χ2v) is 3.93. The molecule has 1 aromatic carbocycles. The van der Waals surface area contributed by atoms with E-state index in [1.54, 1.807) is 0 Å². The Balaban J connectivity index is 2.36. The Labute approximate surface area is 91.2 Å². The molecule has 1 fully saturated rings. The van der Waals surface area contributed by atoms with E-state index in [1.807, 2.05) is 6.07 Å². The van der Waals surface area contributed by atoms with Gasteiger partial charge in [-0.2, -0.15) is 0 Å². The molecule has 2 rings (SSSR count). The highest BCUT2D eigenvalue weighted by atomic mass is 16.7. The monoisotopic (exact) mass is 206 g/mol. The Morgan fingerprint density at radius 2 is 2.00 bits per heavy atom. The van der Waals surface area contributed by atoms with Crippen molar-refractivity contribution in [3.8, 4) is 0 Å². The number of hydrogen-bond acceptors (Lipinski definition) is 2. The van der Waals surface area contributed by atoms with Gasteiger partial charge in [-0.25, -0.2) is 0 Å². The fourth-order valence-corrected chi connectivity index (χ4v) is 2.42. The van der Waals surface area contributed by atoms with Crippen molar-refractivity contribution >= 4 is 0 Å². The molecule has 1 aromatic rings. The minimum atomic E-state index is -0.226. The van der Waals surface area contributed by atoms with Gasteiger partial charge in [0.15, 0.2) is 0 Å². The predicted octanol–water partition coefficient (Wildman–Crippen LogP) is 3.07. The summed E-state index contributed by atoms with van der Waals surface area (Å²) in [6.07, 6.45) is 2.13. The van der Waals surface area contributed by atoms with Crippen LogP contribution in [0, 0.1) is 0 Å². The smallest absolute Gasteiger partial charge is 0.148 e. The van der Waals surface area contributed by atoms with Crippen LogP contribution in [0.2, 0.25) is 0 Å². The largest absolute Gasteiger partial charge is 0.349 e. The van der Waals surface area contributed by atoms with E-state index in [1.165, 1.54) is 5.56 Å². The van der Waals surface area contributed by atoms with Gasteiger partial charge in [-0.3, -0.25) is 0 Å². The third kappa shape index (κ3) is 1.68. The molecule has 0 spiro atoms. The molecule has 2 nitrogen and oxygen atoms in total. The SMILES string of the molecule is CCC1OCOC1(CC)c1ccccc1. The summed E-state index contributed by atoms with van der Waals surface area (Å²) in [7, 11) is 0. The Morgan fingerprint density at radius 3 is 2.60 bits per heavy atom. The van der Waals surface area contributed by atoms with Crippen molar-refractivity contribution < 1.29 is 9.47 Å². The molecule has 1 saturated heterocycles. The first-order valence-corrected chi connectivity index (χ1v) is 5.64. The molecule has 0 bridgehead atoms. The van der Waals surface area contributed by atoms with E-state index in [0.717, 1.165) is 12.8 Å². The first kappa shape index (κ1) is 10.7. The molecule has 0 amide bonds. The minimum Gasteiger partial charge on any atom is -0.349 e. The van der Waals surface area contributed by atoms with Crippen LogP contribution in [0.25, 0.3) is 0 Å². The van der Waals surface area contributed by atoms with Gasteiger partial charge in [0.1, 0.15) is 12.4 Å². The molecule has 0 aromatic heterocycles. The summed E-state index contributed by atoms with van der Waals surface area (Å²) in [4.78, 5) is 0. The van der Waals surface area contributed by atoms with E-state index in [0.29, 0.717) is 6.79 Å². The van der Waals surface area contributed by atoms with Gasteiger partial charge in [-0.15, -0.1) is 0 Å². The quantitative estimate of drug-likeness (QED) is 0.756. The first-order chi connectivity index (χ1) is 7.33. The van der Waals surface area contributed by atoms with E-state index < -0.39 is 0 Å². The third-order valence-corrected chi connectivity index (χ3v) is 3.26. The minimum absolute atomic E-state index is 0.185. The van der Waals surface area contributed by atoms with Gasteiger partial charge in [0.05, 0.1) is 6.10 Å². The van der Waals surface area contributed by atoms with Gasteiger partial charge in [0, 0.05) is 0 Å². The Kier molecular flexibility index (Phi) is 3.08. The molecule has 2 heteroatoms. The molecule has 1 aliphatic heterocycles. The van der Waals surface area contributed by atoms with Gasteiger partial charge >= 0.3 is 0 Å². The van der Waals surface area contributed by atoms with Crippen molar-refractivity contribution in [2.24, 2.45) is 0 Å². The second-order valence-electron chi connectivity index (χ2n) is 3.93. The topological polar surface area (TPSA) is 18.5 Å². The molecule has 2 atom stereocenters. The first-order valence-electron chi connectivity index (χ1n) is 5.64. The van der Waals surface area contributed by atoms with Crippen LogP contribution in [0.5, 0.6) is 0 Å². The Morgan fingerprint density at radius 1 is 1.27 bits per heavy atom. The number of ether oxygens (including phenoxy) is 2. The maximum absolute atomic E-state index is 5.86. The average Bonchev–Trinajstić information content (AvgIpc) is 2.74. The summed E-state index contributed by atoms with van der Waals surface area (Å²) in [5.74, 6) is 0. The maximum atomic E-state index is 5.86. The zero-order valence-corrected chi connectivity index (χ0v) is 9.40. The Hall–Kier alpha value is -0.860. The fourth-order valence-electron chi connectivity index (χ4n) is 2.42. The van der Waals surface area contributed by atoms with Crippen LogP contribution in [0.3, 0.4) is 0 Å². The second kappa shape index (κ2) is 4.33. The fraction of sp³-hybridized carbons (Fsp3) is 0.538. The summed E-state index contributed by atoms with van der Waals surface area (Å²) in [5, 5.41) is 0. The van der Waals surface area contributed by atoms with Crippen LogP contribution in [-0.2, 0) is 15.1 Å². The lowest BCUT2D eigenvalue weighted by Gasteiger charge is -2.31.